The zero-order valence-electron chi connectivity index (χ0n) is 10.1. The van der Waals surface area contributed by atoms with E-state index in [0.29, 0.717) is 16.7 Å². The standard InChI is InChI=1S/C16H10N2O/c17-10-13-3-1-2-4-14(13)16(19)12-5-6-15-11(9-12)7-8-18-15/h1-9,18H. The number of hydrogen-bond donors (Lipinski definition) is 1. The highest BCUT2D eigenvalue weighted by molar-refractivity contribution is 6.11. The highest BCUT2D eigenvalue weighted by Crippen LogP contribution is 2.18. The molecule has 0 spiro atoms. The Balaban J connectivity index is 2.10. The molecule has 0 fully saturated rings. The van der Waals surface area contributed by atoms with Crippen molar-refractivity contribution in [3.63, 3.8) is 0 Å². The molecule has 0 amide bonds. The van der Waals surface area contributed by atoms with Crippen LogP contribution in [0.4, 0.5) is 0 Å². The first-order chi connectivity index (χ1) is 9.29. The van der Waals surface area contributed by atoms with Crippen molar-refractivity contribution in [3.05, 3.63) is 71.4 Å². The van der Waals surface area contributed by atoms with Crippen LogP contribution in [0, 0.1) is 11.3 Å². The fourth-order valence-electron chi connectivity index (χ4n) is 2.13. The molecular formula is C16H10N2O. The molecule has 0 aliphatic heterocycles. The Labute approximate surface area is 110 Å². The predicted molar refractivity (Wildman–Crippen MR) is 72.9 cm³/mol. The van der Waals surface area contributed by atoms with Crippen molar-refractivity contribution in [2.75, 3.05) is 0 Å². The minimum atomic E-state index is -0.125. The molecule has 1 heterocycles. The van der Waals surface area contributed by atoms with Gasteiger partial charge in [0.15, 0.2) is 5.78 Å². The van der Waals surface area contributed by atoms with Gasteiger partial charge in [0.1, 0.15) is 0 Å². The molecule has 0 aliphatic rings. The van der Waals surface area contributed by atoms with Crippen LogP contribution in [0.2, 0.25) is 0 Å². The largest absolute Gasteiger partial charge is 0.361 e. The Bertz CT molecular complexity index is 809. The summed E-state index contributed by atoms with van der Waals surface area (Å²) >= 11 is 0. The van der Waals surface area contributed by atoms with E-state index in [0.717, 1.165) is 10.9 Å². The number of carbonyl (C=O) groups excluding carboxylic acids is 1. The molecular weight excluding hydrogens is 236 g/mol. The lowest BCUT2D eigenvalue weighted by molar-refractivity contribution is 0.103. The highest BCUT2D eigenvalue weighted by Gasteiger charge is 2.13. The molecule has 0 atom stereocenters. The van der Waals surface area contributed by atoms with Crippen molar-refractivity contribution >= 4 is 16.7 Å². The van der Waals surface area contributed by atoms with Crippen molar-refractivity contribution in [1.29, 1.82) is 5.26 Å². The first-order valence-corrected chi connectivity index (χ1v) is 5.90. The van der Waals surface area contributed by atoms with Gasteiger partial charge < -0.3 is 4.98 Å². The van der Waals surface area contributed by atoms with Gasteiger partial charge in [-0.05, 0) is 36.4 Å². The van der Waals surface area contributed by atoms with Crippen LogP contribution in [0.1, 0.15) is 21.5 Å². The summed E-state index contributed by atoms with van der Waals surface area (Å²) in [4.78, 5) is 15.5. The van der Waals surface area contributed by atoms with Crippen LogP contribution >= 0.6 is 0 Å². The number of nitrogens with zero attached hydrogens (tertiary/aromatic N) is 1. The van der Waals surface area contributed by atoms with Gasteiger partial charge in [0.05, 0.1) is 11.6 Å². The van der Waals surface area contributed by atoms with Crippen molar-refractivity contribution in [2.45, 2.75) is 0 Å². The molecule has 0 bridgehead atoms. The van der Waals surface area contributed by atoms with Gasteiger partial charge in [-0.1, -0.05) is 12.1 Å². The van der Waals surface area contributed by atoms with Crippen LogP contribution in [0.25, 0.3) is 10.9 Å². The third-order valence-corrected chi connectivity index (χ3v) is 3.11. The van der Waals surface area contributed by atoms with Crippen molar-refractivity contribution in [2.24, 2.45) is 0 Å². The first-order valence-electron chi connectivity index (χ1n) is 5.90. The maximum atomic E-state index is 12.4. The van der Waals surface area contributed by atoms with Gasteiger partial charge in [-0.15, -0.1) is 0 Å². The number of aromatic amines is 1. The number of benzene rings is 2. The summed E-state index contributed by atoms with van der Waals surface area (Å²) in [6, 6.07) is 16.3. The maximum Gasteiger partial charge on any atom is 0.194 e. The Morgan fingerprint density at radius 3 is 2.79 bits per heavy atom. The molecule has 0 radical (unpaired) electrons. The summed E-state index contributed by atoms with van der Waals surface area (Å²) < 4.78 is 0. The molecule has 3 rings (SSSR count). The summed E-state index contributed by atoms with van der Waals surface area (Å²) in [7, 11) is 0. The zero-order valence-corrected chi connectivity index (χ0v) is 10.1. The fraction of sp³-hybridized carbons (Fsp3) is 0. The zero-order chi connectivity index (χ0) is 13.2. The normalized spacial score (nSPS) is 10.3. The van der Waals surface area contributed by atoms with Gasteiger partial charge in [-0.2, -0.15) is 5.26 Å². The minimum absolute atomic E-state index is 0.125. The average molecular weight is 246 g/mol. The SMILES string of the molecule is N#Cc1ccccc1C(=O)c1ccc2[nH]ccc2c1. The van der Waals surface area contributed by atoms with Crippen LogP contribution in [0.15, 0.2) is 54.7 Å². The number of nitriles is 1. The maximum absolute atomic E-state index is 12.4. The minimum Gasteiger partial charge on any atom is -0.361 e. The number of aromatic nitrogens is 1. The van der Waals surface area contributed by atoms with Gasteiger partial charge >= 0.3 is 0 Å². The summed E-state index contributed by atoms with van der Waals surface area (Å²) in [5, 5.41) is 10.0. The number of carbonyl (C=O) groups is 1. The third kappa shape index (κ3) is 1.90. The van der Waals surface area contributed by atoms with E-state index in [4.69, 9.17) is 5.26 Å². The molecule has 3 heteroatoms. The van der Waals surface area contributed by atoms with Gasteiger partial charge in [0.2, 0.25) is 0 Å². The molecule has 3 aromatic rings. The van der Waals surface area contributed by atoms with Gasteiger partial charge in [-0.3, -0.25) is 4.79 Å². The van der Waals surface area contributed by atoms with Gasteiger partial charge in [-0.25, -0.2) is 0 Å². The lowest BCUT2D eigenvalue weighted by Gasteiger charge is -2.03. The summed E-state index contributed by atoms with van der Waals surface area (Å²) in [5.74, 6) is -0.125. The Hall–Kier alpha value is -2.86. The van der Waals surface area contributed by atoms with Crippen LogP contribution < -0.4 is 0 Å². The summed E-state index contributed by atoms with van der Waals surface area (Å²) in [6.45, 7) is 0. The third-order valence-electron chi connectivity index (χ3n) is 3.11. The van der Waals surface area contributed by atoms with E-state index in [1.807, 2.05) is 24.4 Å². The van der Waals surface area contributed by atoms with Crippen molar-refractivity contribution < 1.29 is 4.79 Å². The molecule has 0 saturated carbocycles. The van der Waals surface area contributed by atoms with E-state index in [2.05, 4.69) is 11.1 Å². The number of fused-ring (bicyclic) bond motifs is 1. The monoisotopic (exact) mass is 246 g/mol. The molecule has 1 aromatic heterocycles. The smallest absolute Gasteiger partial charge is 0.194 e. The van der Waals surface area contributed by atoms with E-state index >= 15 is 0 Å². The Morgan fingerprint density at radius 1 is 1.11 bits per heavy atom. The second kappa shape index (κ2) is 4.43. The number of H-pyrrole nitrogens is 1. The van der Waals surface area contributed by atoms with E-state index in [1.165, 1.54) is 0 Å². The molecule has 1 N–H and O–H groups in total. The molecule has 19 heavy (non-hydrogen) atoms. The van der Waals surface area contributed by atoms with Gasteiger partial charge in [0, 0.05) is 28.2 Å². The summed E-state index contributed by atoms with van der Waals surface area (Å²) in [5.41, 5.74) is 2.43. The molecule has 90 valence electrons. The Kier molecular flexibility index (Phi) is 2.62. The van der Waals surface area contributed by atoms with Crippen LogP contribution in [-0.4, -0.2) is 10.8 Å². The molecule has 0 saturated heterocycles. The average Bonchev–Trinajstić information content (AvgIpc) is 2.93. The van der Waals surface area contributed by atoms with E-state index in [1.54, 1.807) is 30.3 Å². The predicted octanol–water partition coefficient (Wildman–Crippen LogP) is 3.27. The Morgan fingerprint density at radius 2 is 1.95 bits per heavy atom. The number of rotatable bonds is 2. The number of nitrogens with one attached hydrogen (secondary N) is 1. The molecule has 2 aromatic carbocycles. The van der Waals surface area contributed by atoms with E-state index < -0.39 is 0 Å². The molecule has 0 aliphatic carbocycles. The van der Waals surface area contributed by atoms with Crippen LogP contribution in [0.3, 0.4) is 0 Å². The van der Waals surface area contributed by atoms with Crippen molar-refractivity contribution in [1.82, 2.24) is 4.98 Å². The van der Waals surface area contributed by atoms with E-state index in [-0.39, 0.29) is 5.78 Å². The lowest BCUT2D eigenvalue weighted by atomic mass is 9.98. The van der Waals surface area contributed by atoms with Gasteiger partial charge in [0.25, 0.3) is 0 Å². The number of ketones is 1. The van der Waals surface area contributed by atoms with Crippen LogP contribution in [0.5, 0.6) is 0 Å². The first kappa shape index (κ1) is 11.2. The summed E-state index contributed by atoms with van der Waals surface area (Å²) in [6.07, 6.45) is 1.84. The van der Waals surface area contributed by atoms with Crippen LogP contribution in [-0.2, 0) is 0 Å². The lowest BCUT2D eigenvalue weighted by Crippen LogP contribution is -2.03. The highest BCUT2D eigenvalue weighted by atomic mass is 16.1. The second-order valence-electron chi connectivity index (χ2n) is 4.27. The second-order valence-corrected chi connectivity index (χ2v) is 4.27. The fourth-order valence-corrected chi connectivity index (χ4v) is 2.13. The van der Waals surface area contributed by atoms with Crippen molar-refractivity contribution in [3.8, 4) is 6.07 Å². The number of hydrogen-bond acceptors (Lipinski definition) is 2. The molecule has 0 unspecified atom stereocenters. The van der Waals surface area contributed by atoms with E-state index in [9.17, 15) is 4.79 Å². The topological polar surface area (TPSA) is 56.6 Å². The molecule has 3 nitrogen and oxygen atoms in total. The quantitative estimate of drug-likeness (QED) is 0.705.